The summed E-state index contributed by atoms with van der Waals surface area (Å²) in [5.41, 5.74) is 4.78. The van der Waals surface area contributed by atoms with Gasteiger partial charge in [0.1, 0.15) is 24.3 Å². The first-order valence-corrected chi connectivity index (χ1v) is 10.5. The van der Waals surface area contributed by atoms with Crippen LogP contribution in [0.1, 0.15) is 25.5 Å². The number of hydrogen-bond acceptors (Lipinski definition) is 8. The van der Waals surface area contributed by atoms with Crippen LogP contribution in [0.2, 0.25) is 0 Å². The molecule has 4 aromatic rings. The van der Waals surface area contributed by atoms with E-state index in [1.807, 2.05) is 42.5 Å². The number of aromatic amines is 1. The molecular weight excluding hydrogens is 420 g/mol. The van der Waals surface area contributed by atoms with Gasteiger partial charge in [-0.1, -0.05) is 42.5 Å². The Morgan fingerprint density at radius 1 is 1.12 bits per heavy atom. The van der Waals surface area contributed by atoms with Gasteiger partial charge >= 0.3 is 5.97 Å². The molecule has 0 aliphatic carbocycles. The Morgan fingerprint density at radius 2 is 1.85 bits per heavy atom. The SMILES string of the molecule is CCOC(=O)CNc1ccc(-c2cc3c(N[C@H](C)c4ccccc4)ncnc3[nH]2)cc1.NO. The van der Waals surface area contributed by atoms with Gasteiger partial charge in [0.05, 0.1) is 12.0 Å². The number of anilines is 2. The van der Waals surface area contributed by atoms with Crippen LogP contribution in [0.5, 0.6) is 0 Å². The number of hydrogen-bond donors (Lipinski definition) is 5. The summed E-state index contributed by atoms with van der Waals surface area (Å²) in [6.45, 7) is 4.42. The van der Waals surface area contributed by atoms with Crippen LogP contribution < -0.4 is 16.5 Å². The van der Waals surface area contributed by atoms with Gasteiger partial charge in [0.15, 0.2) is 0 Å². The quantitative estimate of drug-likeness (QED) is 0.201. The van der Waals surface area contributed by atoms with E-state index in [1.165, 1.54) is 5.56 Å². The van der Waals surface area contributed by atoms with Gasteiger partial charge in [0, 0.05) is 17.4 Å². The zero-order valence-corrected chi connectivity index (χ0v) is 18.6. The Morgan fingerprint density at radius 3 is 2.55 bits per heavy atom. The predicted molar refractivity (Wildman–Crippen MR) is 129 cm³/mol. The summed E-state index contributed by atoms with van der Waals surface area (Å²) in [7, 11) is 0. The Labute approximate surface area is 192 Å². The molecule has 9 heteroatoms. The van der Waals surface area contributed by atoms with Crippen molar-refractivity contribution in [1.82, 2.24) is 15.0 Å². The van der Waals surface area contributed by atoms with Crippen LogP contribution in [0, 0.1) is 0 Å². The fraction of sp³-hybridized carbons (Fsp3) is 0.208. The number of esters is 1. The molecule has 9 nitrogen and oxygen atoms in total. The smallest absolute Gasteiger partial charge is 0.325 e. The molecule has 172 valence electrons. The number of aromatic nitrogens is 3. The number of nitrogens with zero attached hydrogens (tertiary/aromatic N) is 2. The van der Waals surface area contributed by atoms with Crippen molar-refractivity contribution in [3.8, 4) is 11.3 Å². The number of H-pyrrole nitrogens is 1. The summed E-state index contributed by atoms with van der Waals surface area (Å²) in [5.74, 6) is 4.02. The Hall–Kier alpha value is -3.95. The summed E-state index contributed by atoms with van der Waals surface area (Å²) >= 11 is 0. The first kappa shape index (κ1) is 23.7. The number of nitrogens with two attached hydrogens (primary N) is 1. The minimum Gasteiger partial charge on any atom is -0.465 e. The van der Waals surface area contributed by atoms with E-state index in [9.17, 15) is 4.79 Å². The van der Waals surface area contributed by atoms with Gasteiger partial charge in [0.25, 0.3) is 0 Å². The minimum absolute atomic E-state index is 0.113. The van der Waals surface area contributed by atoms with Gasteiger partial charge in [-0.15, -0.1) is 0 Å². The minimum atomic E-state index is -0.273. The molecule has 4 rings (SSSR count). The Kier molecular flexibility index (Phi) is 8.34. The number of carbonyl (C=O) groups is 1. The molecule has 0 fully saturated rings. The monoisotopic (exact) mass is 448 g/mol. The Bertz CT molecular complexity index is 1160. The molecule has 6 N–H and O–H groups in total. The van der Waals surface area contributed by atoms with E-state index in [4.69, 9.17) is 9.94 Å². The number of nitrogens with one attached hydrogen (secondary N) is 3. The van der Waals surface area contributed by atoms with Crippen molar-refractivity contribution in [2.45, 2.75) is 19.9 Å². The van der Waals surface area contributed by atoms with E-state index in [2.05, 4.69) is 56.6 Å². The van der Waals surface area contributed by atoms with E-state index >= 15 is 0 Å². The van der Waals surface area contributed by atoms with Crippen LogP contribution in [0.25, 0.3) is 22.3 Å². The molecule has 1 atom stereocenters. The van der Waals surface area contributed by atoms with E-state index in [0.717, 1.165) is 33.8 Å². The number of carbonyl (C=O) groups excluding carboxylic acids is 1. The van der Waals surface area contributed by atoms with E-state index in [1.54, 1.807) is 13.3 Å². The third-order valence-corrected chi connectivity index (χ3v) is 5.02. The van der Waals surface area contributed by atoms with Crippen LogP contribution in [0.4, 0.5) is 11.5 Å². The molecule has 0 unspecified atom stereocenters. The molecule has 0 spiro atoms. The van der Waals surface area contributed by atoms with Gasteiger partial charge in [-0.25, -0.2) is 15.9 Å². The van der Waals surface area contributed by atoms with Crippen molar-refractivity contribution in [2.75, 3.05) is 23.8 Å². The van der Waals surface area contributed by atoms with E-state index < -0.39 is 0 Å². The summed E-state index contributed by atoms with van der Waals surface area (Å²) < 4.78 is 4.93. The van der Waals surface area contributed by atoms with Gasteiger partial charge in [-0.05, 0) is 43.2 Å². The van der Waals surface area contributed by atoms with Crippen LogP contribution in [-0.4, -0.2) is 39.3 Å². The largest absolute Gasteiger partial charge is 0.465 e. The summed E-state index contributed by atoms with van der Waals surface area (Å²) in [6.07, 6.45) is 1.56. The zero-order chi connectivity index (χ0) is 23.6. The lowest BCUT2D eigenvalue weighted by Crippen LogP contribution is -2.16. The van der Waals surface area contributed by atoms with Gasteiger partial charge < -0.3 is 25.6 Å². The molecule has 0 saturated heterocycles. The maximum absolute atomic E-state index is 11.5. The second-order valence-corrected chi connectivity index (χ2v) is 7.18. The highest BCUT2D eigenvalue weighted by atomic mass is 16.5. The maximum atomic E-state index is 11.5. The van der Waals surface area contributed by atoms with Crippen LogP contribution in [0.3, 0.4) is 0 Å². The number of rotatable bonds is 8. The van der Waals surface area contributed by atoms with E-state index in [-0.39, 0.29) is 18.6 Å². The van der Waals surface area contributed by atoms with Crippen molar-refractivity contribution >= 4 is 28.5 Å². The lowest BCUT2D eigenvalue weighted by atomic mass is 10.1. The number of ether oxygens (including phenoxy) is 1. The molecule has 0 bridgehead atoms. The molecule has 2 aromatic heterocycles. The van der Waals surface area contributed by atoms with Crippen molar-refractivity contribution in [2.24, 2.45) is 5.90 Å². The van der Waals surface area contributed by atoms with Crippen molar-refractivity contribution < 1.29 is 14.7 Å². The third kappa shape index (κ3) is 6.06. The van der Waals surface area contributed by atoms with Crippen LogP contribution in [-0.2, 0) is 9.53 Å². The second-order valence-electron chi connectivity index (χ2n) is 7.18. The maximum Gasteiger partial charge on any atom is 0.325 e. The lowest BCUT2D eigenvalue weighted by Gasteiger charge is -2.15. The molecule has 2 heterocycles. The number of fused-ring (bicyclic) bond motifs is 1. The second kappa shape index (κ2) is 11.6. The summed E-state index contributed by atoms with van der Waals surface area (Å²) in [4.78, 5) is 23.7. The predicted octanol–water partition coefficient (Wildman–Crippen LogP) is 4.11. The standard InChI is InChI=1S/C24H25N5O2.H3NO/c1-3-31-22(30)14-25-19-11-9-18(10-12-19)21-13-20-23(26-15-27-24(20)29-21)28-16(2)17-7-5-4-6-8-17;1-2/h4-13,15-16,25H,3,14H2,1-2H3,(H2,26,27,28,29);2H,1H2/t16-;/m1./s1. The molecule has 0 amide bonds. The normalized spacial score (nSPS) is 11.3. The fourth-order valence-electron chi connectivity index (χ4n) is 3.39. The highest BCUT2D eigenvalue weighted by Gasteiger charge is 2.12. The van der Waals surface area contributed by atoms with Crippen LogP contribution >= 0.6 is 0 Å². The summed E-state index contributed by atoms with van der Waals surface area (Å²) in [6, 6.07) is 20.3. The molecule has 33 heavy (non-hydrogen) atoms. The first-order chi connectivity index (χ1) is 16.1. The highest BCUT2D eigenvalue weighted by molar-refractivity contribution is 5.91. The fourth-order valence-corrected chi connectivity index (χ4v) is 3.39. The average molecular weight is 449 g/mol. The number of benzene rings is 2. The van der Waals surface area contributed by atoms with Crippen LogP contribution in [0.15, 0.2) is 67.0 Å². The zero-order valence-electron chi connectivity index (χ0n) is 18.6. The van der Waals surface area contributed by atoms with Crippen molar-refractivity contribution in [3.05, 3.63) is 72.6 Å². The van der Waals surface area contributed by atoms with Crippen molar-refractivity contribution in [3.63, 3.8) is 0 Å². The average Bonchev–Trinajstić information content (AvgIpc) is 3.30. The third-order valence-electron chi connectivity index (χ3n) is 5.02. The summed E-state index contributed by atoms with van der Waals surface area (Å²) in [5, 5.41) is 14.0. The molecule has 0 aliphatic rings. The molecular formula is C24H28N6O3. The van der Waals surface area contributed by atoms with Crippen molar-refractivity contribution in [1.29, 1.82) is 0 Å². The lowest BCUT2D eigenvalue weighted by molar-refractivity contribution is -0.140. The first-order valence-electron chi connectivity index (χ1n) is 10.5. The molecule has 0 aliphatic heterocycles. The van der Waals surface area contributed by atoms with Gasteiger partial charge in [0.2, 0.25) is 0 Å². The molecule has 0 saturated carbocycles. The molecule has 0 radical (unpaired) electrons. The topological polar surface area (TPSA) is 138 Å². The highest BCUT2D eigenvalue weighted by Crippen LogP contribution is 2.29. The van der Waals surface area contributed by atoms with Gasteiger partial charge in [-0.3, -0.25) is 4.79 Å². The van der Waals surface area contributed by atoms with E-state index in [0.29, 0.717) is 6.61 Å². The van der Waals surface area contributed by atoms with Gasteiger partial charge in [-0.2, -0.15) is 0 Å². The Balaban J connectivity index is 0.00000149. The molecule has 2 aromatic carbocycles.